The number of hydrogen-bond acceptors (Lipinski definition) is 6. The molecular weight excluding hydrogens is 404 g/mol. The van der Waals surface area contributed by atoms with Crippen molar-refractivity contribution < 1.29 is 4.79 Å². The molecule has 0 spiro atoms. The molecule has 174 valence electrons. The summed E-state index contributed by atoms with van der Waals surface area (Å²) in [6.45, 7) is 9.49. The van der Waals surface area contributed by atoms with E-state index in [-0.39, 0.29) is 11.5 Å². The second-order valence-corrected chi connectivity index (χ2v) is 7.84. The summed E-state index contributed by atoms with van der Waals surface area (Å²) in [5.41, 5.74) is 2.43. The highest BCUT2D eigenvalue weighted by Gasteiger charge is 2.14. The number of hydrogen-bond donors (Lipinski definition) is 4. The summed E-state index contributed by atoms with van der Waals surface area (Å²) < 4.78 is 0. The van der Waals surface area contributed by atoms with Crippen molar-refractivity contribution >= 4 is 17.4 Å². The first-order valence-electron chi connectivity index (χ1n) is 11.2. The van der Waals surface area contributed by atoms with Crippen molar-refractivity contribution in [1.82, 2.24) is 20.2 Å². The predicted molar refractivity (Wildman–Crippen MR) is 132 cm³/mol. The second-order valence-electron chi connectivity index (χ2n) is 7.84. The zero-order valence-electron chi connectivity index (χ0n) is 19.6. The summed E-state index contributed by atoms with van der Waals surface area (Å²) in [5.74, 6) is 0.955. The Labute approximate surface area is 190 Å². The van der Waals surface area contributed by atoms with Gasteiger partial charge in [-0.3, -0.25) is 9.59 Å². The van der Waals surface area contributed by atoms with Gasteiger partial charge in [0.15, 0.2) is 0 Å². The monoisotopic (exact) mass is 440 g/mol. The highest BCUT2D eigenvalue weighted by molar-refractivity contribution is 5.87. The van der Waals surface area contributed by atoms with Crippen molar-refractivity contribution in [1.29, 1.82) is 0 Å². The van der Waals surface area contributed by atoms with E-state index < -0.39 is 0 Å². The predicted octanol–water partition coefficient (Wildman–Crippen LogP) is 3.07. The van der Waals surface area contributed by atoms with Gasteiger partial charge in [0.2, 0.25) is 5.91 Å². The Morgan fingerprint density at radius 3 is 2.66 bits per heavy atom. The van der Waals surface area contributed by atoms with E-state index >= 15 is 0 Å². The van der Waals surface area contributed by atoms with Gasteiger partial charge in [-0.25, -0.2) is 4.98 Å². The number of nitrogens with zero attached hydrogens (tertiary/aromatic N) is 2. The number of rotatable bonds is 8. The molecule has 1 aliphatic heterocycles. The third-order valence-corrected chi connectivity index (χ3v) is 4.94. The number of pyridine rings is 2. The summed E-state index contributed by atoms with van der Waals surface area (Å²) >= 11 is 0. The maximum Gasteiger partial charge on any atom is 0.271 e. The van der Waals surface area contributed by atoms with Crippen LogP contribution in [0.1, 0.15) is 33.6 Å². The molecule has 1 amide bonds. The summed E-state index contributed by atoms with van der Waals surface area (Å²) in [6.07, 6.45) is 9.34. The Hall–Kier alpha value is -3.13. The van der Waals surface area contributed by atoms with Gasteiger partial charge in [-0.1, -0.05) is 19.9 Å². The van der Waals surface area contributed by atoms with Crippen molar-refractivity contribution in [3.8, 4) is 11.1 Å². The first kappa shape index (κ1) is 25.1. The largest absolute Gasteiger partial charge is 0.381 e. The summed E-state index contributed by atoms with van der Waals surface area (Å²) in [4.78, 5) is 31.9. The minimum Gasteiger partial charge on any atom is -0.381 e. The molecule has 3 heterocycles. The van der Waals surface area contributed by atoms with Gasteiger partial charge in [-0.05, 0) is 43.5 Å². The molecule has 0 atom stereocenters. The first-order chi connectivity index (χ1) is 15.4. The summed E-state index contributed by atoms with van der Waals surface area (Å²) in [5, 5.41) is 9.26. The first-order valence-corrected chi connectivity index (χ1v) is 11.2. The number of carbonyl (C=O) groups excluding carboxylic acids is 1. The molecule has 0 unspecified atom stereocenters. The van der Waals surface area contributed by atoms with Crippen molar-refractivity contribution in [2.45, 2.75) is 39.7 Å². The Kier molecular flexibility index (Phi) is 10.5. The van der Waals surface area contributed by atoms with E-state index in [1.165, 1.54) is 0 Å². The van der Waals surface area contributed by atoms with Gasteiger partial charge in [0.1, 0.15) is 11.5 Å². The normalized spacial score (nSPS) is 13.2. The Morgan fingerprint density at radius 1 is 1.25 bits per heavy atom. The average molecular weight is 441 g/mol. The SMILES string of the molecule is CC(C)NC/C=C/C(=O)N1CCCC1.CCNc1cc(-c2ccnc(NC)c2)c[nH]c1=O. The lowest BCUT2D eigenvalue weighted by Gasteiger charge is -2.11. The quantitative estimate of drug-likeness (QED) is 0.471. The lowest BCUT2D eigenvalue weighted by Crippen LogP contribution is -2.26. The molecular formula is C24H36N6O2. The van der Waals surface area contributed by atoms with Crippen LogP contribution in [-0.2, 0) is 4.79 Å². The van der Waals surface area contributed by atoms with Crippen LogP contribution in [-0.4, -0.2) is 60.0 Å². The molecule has 32 heavy (non-hydrogen) atoms. The van der Waals surface area contributed by atoms with Crippen molar-refractivity contribution in [3.63, 3.8) is 0 Å². The van der Waals surface area contributed by atoms with Gasteiger partial charge in [-0.15, -0.1) is 0 Å². The van der Waals surface area contributed by atoms with Crippen LogP contribution in [0.3, 0.4) is 0 Å². The van der Waals surface area contributed by atoms with Crippen molar-refractivity contribution in [2.75, 3.05) is 43.9 Å². The van der Waals surface area contributed by atoms with E-state index in [0.717, 1.165) is 49.4 Å². The average Bonchev–Trinajstić information content (AvgIpc) is 3.34. The highest BCUT2D eigenvalue weighted by atomic mass is 16.2. The summed E-state index contributed by atoms with van der Waals surface area (Å²) in [6, 6.07) is 6.16. The van der Waals surface area contributed by atoms with E-state index in [2.05, 4.69) is 39.8 Å². The lowest BCUT2D eigenvalue weighted by molar-refractivity contribution is -0.125. The minimum absolute atomic E-state index is 0.108. The molecule has 0 aliphatic carbocycles. The Bertz CT molecular complexity index is 932. The molecule has 0 aromatic carbocycles. The molecule has 1 saturated heterocycles. The number of aromatic nitrogens is 2. The van der Waals surface area contributed by atoms with Gasteiger partial charge >= 0.3 is 0 Å². The third-order valence-electron chi connectivity index (χ3n) is 4.94. The van der Waals surface area contributed by atoms with Crippen LogP contribution >= 0.6 is 0 Å². The second kappa shape index (κ2) is 13.3. The molecule has 4 N–H and O–H groups in total. The zero-order chi connectivity index (χ0) is 23.3. The molecule has 0 radical (unpaired) electrons. The number of anilines is 2. The van der Waals surface area contributed by atoms with E-state index in [1.54, 1.807) is 18.5 Å². The molecule has 8 nitrogen and oxygen atoms in total. The third kappa shape index (κ3) is 8.19. The van der Waals surface area contributed by atoms with E-state index in [1.807, 2.05) is 43.1 Å². The van der Waals surface area contributed by atoms with Gasteiger partial charge in [0.05, 0.1) is 0 Å². The minimum atomic E-state index is -0.108. The lowest BCUT2D eigenvalue weighted by atomic mass is 10.1. The zero-order valence-corrected chi connectivity index (χ0v) is 19.6. The molecule has 2 aromatic heterocycles. The van der Waals surface area contributed by atoms with Gasteiger partial charge in [0.25, 0.3) is 5.56 Å². The van der Waals surface area contributed by atoms with Crippen LogP contribution in [0.5, 0.6) is 0 Å². The smallest absolute Gasteiger partial charge is 0.271 e. The number of aromatic amines is 1. The molecule has 2 aromatic rings. The highest BCUT2D eigenvalue weighted by Crippen LogP contribution is 2.21. The van der Waals surface area contributed by atoms with Crippen LogP contribution in [0.25, 0.3) is 11.1 Å². The van der Waals surface area contributed by atoms with E-state index in [4.69, 9.17) is 0 Å². The fourth-order valence-corrected chi connectivity index (χ4v) is 3.23. The van der Waals surface area contributed by atoms with Gasteiger partial charge < -0.3 is 25.8 Å². The topological polar surface area (TPSA) is 102 Å². The molecule has 8 heteroatoms. The number of nitrogens with one attached hydrogen (secondary N) is 4. The molecule has 0 bridgehead atoms. The number of likely N-dealkylation sites (tertiary alicyclic amines) is 1. The Morgan fingerprint density at radius 2 is 2.00 bits per heavy atom. The maximum absolute atomic E-state index is 11.6. The van der Waals surface area contributed by atoms with Crippen LogP contribution in [0.2, 0.25) is 0 Å². The summed E-state index contributed by atoms with van der Waals surface area (Å²) in [7, 11) is 1.82. The standard InChI is InChI=1S/C13H16N4O.C11H20N2O/c1-3-15-11-6-10(8-17-13(11)18)9-4-5-16-12(7-9)14-2;1-10(2)12-7-5-6-11(14)13-8-3-4-9-13/h4-8,15H,3H2,1-2H3,(H,14,16)(H,17,18);5-6,10,12H,3-4,7-9H2,1-2H3/b;6-5+. The Balaban J connectivity index is 0.000000235. The molecule has 0 saturated carbocycles. The van der Waals surface area contributed by atoms with Crippen molar-refractivity contribution in [3.05, 3.63) is 53.1 Å². The molecule has 3 rings (SSSR count). The number of amides is 1. The van der Waals surface area contributed by atoms with E-state index in [0.29, 0.717) is 18.3 Å². The maximum atomic E-state index is 11.6. The van der Waals surface area contributed by atoms with Gasteiger partial charge in [0, 0.05) is 63.3 Å². The fourth-order valence-electron chi connectivity index (χ4n) is 3.23. The van der Waals surface area contributed by atoms with E-state index in [9.17, 15) is 9.59 Å². The fraction of sp³-hybridized carbons (Fsp3) is 0.458. The van der Waals surface area contributed by atoms with Crippen LogP contribution in [0.4, 0.5) is 11.5 Å². The number of H-pyrrole nitrogens is 1. The molecule has 1 fully saturated rings. The van der Waals surface area contributed by atoms with Crippen LogP contribution in [0.15, 0.2) is 47.5 Å². The van der Waals surface area contributed by atoms with Crippen LogP contribution in [0, 0.1) is 0 Å². The number of carbonyl (C=O) groups is 1. The van der Waals surface area contributed by atoms with Crippen molar-refractivity contribution in [2.24, 2.45) is 0 Å². The van der Waals surface area contributed by atoms with Gasteiger partial charge in [-0.2, -0.15) is 0 Å². The molecule has 1 aliphatic rings. The van der Waals surface area contributed by atoms with Crippen LogP contribution < -0.4 is 21.5 Å².